The molecule has 0 saturated carbocycles. The third-order valence-corrected chi connectivity index (χ3v) is 3.09. The highest BCUT2D eigenvalue weighted by molar-refractivity contribution is 7.86. The van der Waals surface area contributed by atoms with Gasteiger partial charge in [0.25, 0.3) is 10.1 Å². The van der Waals surface area contributed by atoms with Crippen molar-refractivity contribution in [2.24, 2.45) is 5.92 Å². The topological polar surface area (TPSA) is 72.9 Å². The molecule has 0 unspecified atom stereocenters. The molecule has 0 spiro atoms. The lowest BCUT2D eigenvalue weighted by molar-refractivity contribution is 0.0275. The van der Waals surface area contributed by atoms with Crippen LogP contribution in [0.2, 0.25) is 0 Å². The van der Waals surface area contributed by atoms with E-state index in [1.54, 1.807) is 20.8 Å². The molecule has 0 N–H and O–H groups in total. The maximum absolute atomic E-state index is 11.8. The molecule has 2 atom stereocenters. The van der Waals surface area contributed by atoms with Gasteiger partial charge in [-0.25, -0.2) is 4.79 Å². The first-order valence-corrected chi connectivity index (χ1v) is 7.66. The van der Waals surface area contributed by atoms with E-state index in [0.717, 1.165) is 6.26 Å². The maximum atomic E-state index is 11.8. The van der Waals surface area contributed by atoms with E-state index in [2.05, 4.69) is 0 Å². The Bertz CT molecular complexity index is 412. The van der Waals surface area contributed by atoms with Crippen molar-refractivity contribution in [1.29, 1.82) is 0 Å². The van der Waals surface area contributed by atoms with Crippen molar-refractivity contribution in [2.75, 3.05) is 19.3 Å². The van der Waals surface area contributed by atoms with Gasteiger partial charge in [-0.05, 0) is 20.8 Å². The lowest BCUT2D eigenvalue weighted by atomic mass is 10.1. The monoisotopic (exact) mass is 279 g/mol. The molecule has 1 fully saturated rings. The zero-order valence-electron chi connectivity index (χ0n) is 11.5. The number of rotatable bonds is 2. The molecule has 1 aliphatic rings. The van der Waals surface area contributed by atoms with Gasteiger partial charge in [-0.15, -0.1) is 0 Å². The summed E-state index contributed by atoms with van der Waals surface area (Å²) in [6.45, 7) is 7.89. The fourth-order valence-corrected chi connectivity index (χ4v) is 2.46. The number of carbonyl (C=O) groups excluding carboxylic acids is 1. The van der Waals surface area contributed by atoms with Crippen LogP contribution >= 0.6 is 0 Å². The lowest BCUT2D eigenvalue weighted by Crippen LogP contribution is -2.36. The minimum absolute atomic E-state index is 0.0350. The zero-order valence-corrected chi connectivity index (χ0v) is 12.3. The van der Waals surface area contributed by atoms with Crippen LogP contribution in [0.4, 0.5) is 4.79 Å². The fraction of sp³-hybridized carbons (Fsp3) is 0.909. The van der Waals surface area contributed by atoms with Crippen LogP contribution in [0.15, 0.2) is 0 Å². The number of amides is 1. The van der Waals surface area contributed by atoms with Gasteiger partial charge in [-0.2, -0.15) is 8.42 Å². The standard InChI is InChI=1S/C11H21NO5S/c1-8-6-12(10(13)16-11(2,3)4)7-9(8)17-18(5,14)15/h8-9H,6-7H2,1-5H3/t8-,9+/m1/s1. The van der Waals surface area contributed by atoms with E-state index in [9.17, 15) is 13.2 Å². The average molecular weight is 279 g/mol. The van der Waals surface area contributed by atoms with Gasteiger partial charge in [-0.1, -0.05) is 6.92 Å². The quantitative estimate of drug-likeness (QED) is 0.711. The molecule has 1 rings (SSSR count). The average Bonchev–Trinajstić information content (AvgIpc) is 2.42. The van der Waals surface area contributed by atoms with Crippen molar-refractivity contribution >= 4 is 16.2 Å². The highest BCUT2D eigenvalue weighted by Crippen LogP contribution is 2.22. The van der Waals surface area contributed by atoms with Crippen LogP contribution in [0.1, 0.15) is 27.7 Å². The number of hydrogen-bond acceptors (Lipinski definition) is 5. The second-order valence-corrected chi connectivity index (χ2v) is 7.30. The highest BCUT2D eigenvalue weighted by Gasteiger charge is 2.37. The van der Waals surface area contributed by atoms with E-state index < -0.39 is 27.9 Å². The highest BCUT2D eigenvalue weighted by atomic mass is 32.2. The summed E-state index contributed by atoms with van der Waals surface area (Å²) in [5.41, 5.74) is -0.559. The van der Waals surface area contributed by atoms with E-state index in [1.807, 2.05) is 6.92 Å². The normalized spacial score (nSPS) is 25.3. The Morgan fingerprint density at radius 1 is 1.28 bits per heavy atom. The summed E-state index contributed by atoms with van der Waals surface area (Å²) in [6, 6.07) is 0. The van der Waals surface area contributed by atoms with Crippen LogP contribution in [-0.4, -0.2) is 50.5 Å². The van der Waals surface area contributed by atoms with Gasteiger partial charge >= 0.3 is 6.09 Å². The van der Waals surface area contributed by atoms with Crippen molar-refractivity contribution in [3.05, 3.63) is 0 Å². The number of hydrogen-bond donors (Lipinski definition) is 0. The molecule has 0 radical (unpaired) electrons. The molecule has 18 heavy (non-hydrogen) atoms. The predicted molar refractivity (Wildman–Crippen MR) is 66.7 cm³/mol. The fourth-order valence-electron chi connectivity index (χ4n) is 1.76. The molecule has 6 nitrogen and oxygen atoms in total. The number of carbonyl (C=O) groups is 1. The molecule has 0 aromatic carbocycles. The predicted octanol–water partition coefficient (Wildman–Crippen LogP) is 1.22. The first-order valence-electron chi connectivity index (χ1n) is 5.84. The summed E-state index contributed by atoms with van der Waals surface area (Å²) in [5, 5.41) is 0. The Kier molecular flexibility index (Phi) is 4.27. The lowest BCUT2D eigenvalue weighted by Gasteiger charge is -2.24. The molecule has 0 aliphatic carbocycles. The number of likely N-dealkylation sites (tertiary alicyclic amines) is 1. The second kappa shape index (κ2) is 5.05. The Morgan fingerprint density at radius 2 is 1.83 bits per heavy atom. The molecule has 0 bridgehead atoms. The number of nitrogens with zero attached hydrogens (tertiary/aromatic N) is 1. The van der Waals surface area contributed by atoms with Crippen LogP contribution in [0.3, 0.4) is 0 Å². The molecule has 7 heteroatoms. The smallest absolute Gasteiger partial charge is 0.410 e. The third-order valence-electron chi connectivity index (χ3n) is 2.49. The summed E-state index contributed by atoms with van der Waals surface area (Å²) < 4.78 is 32.3. The Labute approximate surface area is 108 Å². The molecule has 1 amide bonds. The molecular weight excluding hydrogens is 258 g/mol. The number of ether oxygens (including phenoxy) is 1. The van der Waals surface area contributed by atoms with Crippen molar-refractivity contribution in [3.63, 3.8) is 0 Å². The SMILES string of the molecule is C[C@@H]1CN(C(=O)OC(C)(C)C)C[C@@H]1OS(C)(=O)=O. The van der Waals surface area contributed by atoms with Crippen molar-refractivity contribution in [1.82, 2.24) is 4.90 Å². The molecule has 1 saturated heterocycles. The summed E-state index contributed by atoms with van der Waals surface area (Å²) in [6.07, 6.45) is 0.0806. The van der Waals surface area contributed by atoms with Crippen LogP contribution in [0, 0.1) is 5.92 Å². The van der Waals surface area contributed by atoms with Gasteiger partial charge in [0.1, 0.15) is 5.60 Å². The third kappa shape index (κ3) is 4.81. The summed E-state index contributed by atoms with van der Waals surface area (Å²) in [7, 11) is -3.50. The Morgan fingerprint density at radius 3 is 2.28 bits per heavy atom. The molecule has 0 aromatic rings. The maximum Gasteiger partial charge on any atom is 0.410 e. The van der Waals surface area contributed by atoms with E-state index in [-0.39, 0.29) is 12.5 Å². The van der Waals surface area contributed by atoms with E-state index >= 15 is 0 Å². The first-order chi connectivity index (χ1) is 7.98. The van der Waals surface area contributed by atoms with Crippen molar-refractivity contribution in [3.8, 4) is 0 Å². The largest absolute Gasteiger partial charge is 0.444 e. The van der Waals surface area contributed by atoms with E-state index in [4.69, 9.17) is 8.92 Å². The van der Waals surface area contributed by atoms with Gasteiger partial charge in [0.05, 0.1) is 18.9 Å². The van der Waals surface area contributed by atoms with Crippen LogP contribution < -0.4 is 0 Å². The molecular formula is C11H21NO5S. The van der Waals surface area contributed by atoms with E-state index in [0.29, 0.717) is 6.54 Å². The van der Waals surface area contributed by atoms with Crippen molar-refractivity contribution in [2.45, 2.75) is 39.4 Å². The Balaban J connectivity index is 2.61. The van der Waals surface area contributed by atoms with Gasteiger partial charge in [0.2, 0.25) is 0 Å². The summed E-state index contributed by atoms with van der Waals surface area (Å²) in [4.78, 5) is 13.3. The summed E-state index contributed by atoms with van der Waals surface area (Å²) >= 11 is 0. The molecule has 0 aromatic heterocycles. The van der Waals surface area contributed by atoms with Gasteiger partial charge in [0.15, 0.2) is 0 Å². The molecule has 106 valence electrons. The first kappa shape index (κ1) is 15.2. The minimum atomic E-state index is -3.50. The minimum Gasteiger partial charge on any atom is -0.444 e. The van der Waals surface area contributed by atoms with Crippen LogP contribution in [0.25, 0.3) is 0 Å². The zero-order chi connectivity index (χ0) is 14.1. The molecule has 1 aliphatic heterocycles. The van der Waals surface area contributed by atoms with Crippen LogP contribution in [0.5, 0.6) is 0 Å². The van der Waals surface area contributed by atoms with Gasteiger partial charge in [0, 0.05) is 12.5 Å². The Hall–Kier alpha value is -0.820. The second-order valence-electron chi connectivity index (χ2n) is 5.70. The molecule has 1 heterocycles. The van der Waals surface area contributed by atoms with Crippen molar-refractivity contribution < 1.29 is 22.1 Å². The van der Waals surface area contributed by atoms with Crippen LogP contribution in [-0.2, 0) is 19.0 Å². The van der Waals surface area contributed by atoms with Gasteiger partial charge < -0.3 is 9.64 Å². The van der Waals surface area contributed by atoms with E-state index in [1.165, 1.54) is 4.90 Å². The summed E-state index contributed by atoms with van der Waals surface area (Å²) in [5.74, 6) is -0.0350. The van der Waals surface area contributed by atoms with Gasteiger partial charge in [-0.3, -0.25) is 4.18 Å².